The lowest BCUT2D eigenvalue weighted by Gasteiger charge is -2.16. The van der Waals surface area contributed by atoms with Gasteiger partial charge in [0.05, 0.1) is 10.5 Å². The molecule has 0 radical (unpaired) electrons. The molecule has 8 heteroatoms. The van der Waals surface area contributed by atoms with Crippen molar-refractivity contribution >= 4 is 40.1 Å². The quantitative estimate of drug-likeness (QED) is 0.567. The van der Waals surface area contributed by atoms with Crippen molar-refractivity contribution in [2.75, 3.05) is 6.54 Å². The highest BCUT2D eigenvalue weighted by Gasteiger charge is 2.34. The molecule has 3 rings (SSSR count). The van der Waals surface area contributed by atoms with Crippen LogP contribution in [0.1, 0.15) is 23.2 Å². The fourth-order valence-electron chi connectivity index (χ4n) is 2.44. The Morgan fingerprint density at radius 2 is 2.26 bits per heavy atom. The number of hydrazine groups is 1. The van der Waals surface area contributed by atoms with Crippen molar-refractivity contribution in [2.45, 2.75) is 18.9 Å². The van der Waals surface area contributed by atoms with Gasteiger partial charge in [-0.2, -0.15) is 5.01 Å². The number of thiocarbonyl (C=S) groups is 1. The van der Waals surface area contributed by atoms with E-state index in [1.807, 2.05) is 6.08 Å². The van der Waals surface area contributed by atoms with Gasteiger partial charge < -0.3 is 10.4 Å². The summed E-state index contributed by atoms with van der Waals surface area (Å²) in [4.78, 5) is 25.1. The summed E-state index contributed by atoms with van der Waals surface area (Å²) in [5.74, 6) is -1.08. The normalized spacial score (nSPS) is 22.9. The van der Waals surface area contributed by atoms with Crippen LogP contribution in [-0.2, 0) is 4.79 Å². The van der Waals surface area contributed by atoms with E-state index < -0.39 is 5.91 Å². The molecule has 2 aliphatic rings. The molecule has 2 fully saturated rings. The van der Waals surface area contributed by atoms with E-state index in [9.17, 15) is 14.7 Å². The van der Waals surface area contributed by atoms with E-state index in [1.54, 1.807) is 12.1 Å². The van der Waals surface area contributed by atoms with Crippen molar-refractivity contribution < 1.29 is 14.7 Å². The Morgan fingerprint density at radius 3 is 2.96 bits per heavy atom. The minimum atomic E-state index is -0.584. The second-order valence-electron chi connectivity index (χ2n) is 5.20. The molecule has 1 aromatic rings. The molecule has 3 N–H and O–H groups in total. The lowest BCUT2D eigenvalue weighted by Crippen LogP contribution is -2.44. The number of hydrogen-bond donors (Lipinski definition) is 3. The number of amides is 2. The Hall–Kier alpha value is -1.90. The largest absolute Gasteiger partial charge is 0.507 e. The second kappa shape index (κ2) is 6.69. The predicted octanol–water partition coefficient (Wildman–Crippen LogP) is 1.53. The first-order valence-electron chi connectivity index (χ1n) is 7.16. The van der Waals surface area contributed by atoms with Gasteiger partial charge in [-0.05, 0) is 49.8 Å². The molecule has 2 saturated heterocycles. The molecular formula is C15H15N3O3S2. The number of rotatable bonds is 3. The number of phenols is 1. The summed E-state index contributed by atoms with van der Waals surface area (Å²) in [5, 5.41) is 14.0. The average Bonchev–Trinajstić information content (AvgIpc) is 3.12. The van der Waals surface area contributed by atoms with Gasteiger partial charge >= 0.3 is 0 Å². The fraction of sp³-hybridized carbons (Fsp3) is 0.267. The van der Waals surface area contributed by atoms with Crippen LogP contribution in [0.3, 0.4) is 0 Å². The smallest absolute Gasteiger partial charge is 0.284 e. The molecule has 2 heterocycles. The van der Waals surface area contributed by atoms with E-state index in [0.717, 1.165) is 36.2 Å². The Morgan fingerprint density at radius 1 is 1.48 bits per heavy atom. The molecule has 6 nitrogen and oxygen atoms in total. The minimum Gasteiger partial charge on any atom is -0.507 e. The zero-order valence-electron chi connectivity index (χ0n) is 12.1. The Balaban J connectivity index is 1.73. The zero-order valence-corrected chi connectivity index (χ0v) is 13.7. The Bertz CT molecular complexity index is 699. The standard InChI is InChI=1S/C15H15N3O3S2/c19-11-6-2-1-5-10(11)13(20)17-18-14(21)12(23-15(18)22)8-9-4-3-7-16-9/h1-2,5-6,8-9,16,19H,3-4,7H2,(H,17,20)/b12-8-. The summed E-state index contributed by atoms with van der Waals surface area (Å²) in [6, 6.07) is 6.29. The van der Waals surface area contributed by atoms with E-state index in [0.29, 0.717) is 4.91 Å². The number of hydrogen-bond acceptors (Lipinski definition) is 6. The first-order valence-corrected chi connectivity index (χ1v) is 8.39. The number of nitrogens with one attached hydrogen (secondary N) is 2. The van der Waals surface area contributed by atoms with Gasteiger partial charge in [-0.15, -0.1) is 0 Å². The highest BCUT2D eigenvalue weighted by molar-refractivity contribution is 8.26. The van der Waals surface area contributed by atoms with Crippen molar-refractivity contribution in [1.82, 2.24) is 15.8 Å². The number of aromatic hydroxyl groups is 1. The summed E-state index contributed by atoms with van der Waals surface area (Å²) in [7, 11) is 0. The van der Waals surface area contributed by atoms with Crippen molar-refractivity contribution in [3.8, 4) is 5.75 Å². The van der Waals surface area contributed by atoms with Gasteiger partial charge in [0.1, 0.15) is 5.75 Å². The van der Waals surface area contributed by atoms with Crippen LogP contribution in [0.25, 0.3) is 0 Å². The average molecular weight is 349 g/mol. The van der Waals surface area contributed by atoms with Crippen molar-refractivity contribution in [1.29, 1.82) is 0 Å². The third-order valence-electron chi connectivity index (χ3n) is 3.61. The second-order valence-corrected chi connectivity index (χ2v) is 6.88. The maximum atomic E-state index is 12.4. The van der Waals surface area contributed by atoms with Crippen LogP contribution in [0, 0.1) is 0 Å². The number of carbonyl (C=O) groups is 2. The highest BCUT2D eigenvalue weighted by Crippen LogP contribution is 2.31. The molecule has 120 valence electrons. The molecule has 1 atom stereocenters. The Labute approximate surface area is 142 Å². The van der Waals surface area contributed by atoms with Gasteiger partial charge in [0.2, 0.25) is 0 Å². The molecule has 0 aliphatic carbocycles. The Kier molecular flexibility index (Phi) is 4.65. The molecule has 0 bridgehead atoms. The summed E-state index contributed by atoms with van der Waals surface area (Å²) >= 11 is 6.33. The van der Waals surface area contributed by atoms with Gasteiger partial charge in [-0.3, -0.25) is 15.0 Å². The van der Waals surface area contributed by atoms with E-state index in [-0.39, 0.29) is 27.6 Å². The lowest BCUT2D eigenvalue weighted by molar-refractivity contribution is -0.123. The molecule has 0 saturated carbocycles. The van der Waals surface area contributed by atoms with Gasteiger partial charge in [-0.25, -0.2) is 0 Å². The van der Waals surface area contributed by atoms with Gasteiger partial charge in [-0.1, -0.05) is 23.9 Å². The third-order valence-corrected chi connectivity index (χ3v) is 4.93. The minimum absolute atomic E-state index is 0.0861. The molecule has 0 spiro atoms. The number of nitrogens with zero attached hydrogens (tertiary/aromatic N) is 1. The maximum Gasteiger partial charge on any atom is 0.284 e. The predicted molar refractivity (Wildman–Crippen MR) is 91.7 cm³/mol. The molecule has 1 unspecified atom stereocenters. The summed E-state index contributed by atoms with van der Waals surface area (Å²) in [6.45, 7) is 0.936. The van der Waals surface area contributed by atoms with Gasteiger partial charge in [0.15, 0.2) is 4.32 Å². The number of para-hydroxylation sites is 1. The highest BCUT2D eigenvalue weighted by atomic mass is 32.2. The molecular weight excluding hydrogens is 334 g/mol. The molecule has 2 amide bonds. The van der Waals surface area contributed by atoms with Gasteiger partial charge in [0, 0.05) is 6.04 Å². The SMILES string of the molecule is O=C(NN1C(=O)/C(=C/C2CCCN2)SC1=S)c1ccccc1O. The summed E-state index contributed by atoms with van der Waals surface area (Å²) in [6.07, 6.45) is 3.91. The first kappa shape index (κ1) is 16.0. The van der Waals surface area contributed by atoms with E-state index in [2.05, 4.69) is 10.7 Å². The zero-order chi connectivity index (χ0) is 16.4. The molecule has 0 aromatic heterocycles. The van der Waals surface area contributed by atoms with Crippen LogP contribution >= 0.6 is 24.0 Å². The number of benzene rings is 1. The van der Waals surface area contributed by atoms with Crippen LogP contribution < -0.4 is 10.7 Å². The van der Waals surface area contributed by atoms with Crippen LogP contribution in [0.4, 0.5) is 0 Å². The van der Waals surface area contributed by atoms with E-state index >= 15 is 0 Å². The van der Waals surface area contributed by atoms with Crippen LogP contribution in [0.2, 0.25) is 0 Å². The molecule has 1 aromatic carbocycles. The number of carbonyl (C=O) groups excluding carboxylic acids is 2. The number of phenolic OH excluding ortho intramolecular Hbond substituents is 1. The lowest BCUT2D eigenvalue weighted by atomic mass is 10.2. The third kappa shape index (κ3) is 3.39. The van der Waals surface area contributed by atoms with Crippen molar-refractivity contribution in [2.24, 2.45) is 0 Å². The topological polar surface area (TPSA) is 81.7 Å². The van der Waals surface area contributed by atoms with Crippen molar-refractivity contribution in [3.05, 3.63) is 40.8 Å². The first-order chi connectivity index (χ1) is 11.1. The summed E-state index contributed by atoms with van der Waals surface area (Å²) < 4.78 is 0.267. The van der Waals surface area contributed by atoms with E-state index in [1.165, 1.54) is 12.1 Å². The van der Waals surface area contributed by atoms with Crippen LogP contribution in [0.5, 0.6) is 5.75 Å². The molecule has 23 heavy (non-hydrogen) atoms. The van der Waals surface area contributed by atoms with Crippen molar-refractivity contribution in [3.63, 3.8) is 0 Å². The monoisotopic (exact) mass is 349 g/mol. The number of thioether (sulfide) groups is 1. The van der Waals surface area contributed by atoms with Crippen LogP contribution in [0.15, 0.2) is 35.2 Å². The van der Waals surface area contributed by atoms with E-state index in [4.69, 9.17) is 12.2 Å². The molecule has 2 aliphatic heterocycles. The van der Waals surface area contributed by atoms with Gasteiger partial charge in [0.25, 0.3) is 11.8 Å². The summed E-state index contributed by atoms with van der Waals surface area (Å²) in [5.41, 5.74) is 2.54. The van der Waals surface area contributed by atoms with Crippen LogP contribution in [-0.4, -0.2) is 38.8 Å². The fourth-order valence-corrected chi connectivity index (χ4v) is 3.66. The maximum absolute atomic E-state index is 12.4.